The molecule has 0 unspecified atom stereocenters. The Bertz CT molecular complexity index is 1340. The summed E-state index contributed by atoms with van der Waals surface area (Å²) in [5, 5.41) is 8.99. The fourth-order valence-corrected chi connectivity index (χ4v) is 4.63. The van der Waals surface area contributed by atoms with Crippen molar-refractivity contribution in [1.82, 2.24) is 10.9 Å². The molecule has 0 aliphatic carbocycles. The zero-order valence-corrected chi connectivity index (χ0v) is 23.5. The number of ether oxygens (including phenoxy) is 4. The van der Waals surface area contributed by atoms with Crippen LogP contribution in [0.25, 0.3) is 0 Å². The summed E-state index contributed by atoms with van der Waals surface area (Å²) in [6.07, 6.45) is 2.42. The lowest BCUT2D eigenvalue weighted by atomic mass is 9.84. The maximum atomic E-state index is 13.9. The molecule has 1 aliphatic heterocycles. The molecule has 0 radical (unpaired) electrons. The standard InChI is InChI=1S/C32H37N3O6/c1-4-17-32(31(37)35-33-18-16-23-8-5-10-27(21-23)38-2)29(25-9-6-11-28(22-25)39-3)41-30(34-32)24-12-14-26(15-13-24)40-20-7-19-36/h4-6,8-15,21-22,29,33,36H,1,7,16-20H2,2-3H3,(H,35,37)/t29-,32-/m0/s1. The molecule has 4 rings (SSSR count). The third-order valence-corrected chi connectivity index (χ3v) is 6.76. The normalized spacial score (nSPS) is 17.7. The zero-order valence-electron chi connectivity index (χ0n) is 23.5. The average Bonchev–Trinajstić information content (AvgIpc) is 3.40. The number of rotatable bonds is 15. The van der Waals surface area contributed by atoms with E-state index in [2.05, 4.69) is 17.4 Å². The smallest absolute Gasteiger partial charge is 0.266 e. The van der Waals surface area contributed by atoms with Crippen molar-refractivity contribution in [3.05, 3.63) is 102 Å². The Morgan fingerprint density at radius 3 is 2.49 bits per heavy atom. The van der Waals surface area contributed by atoms with Crippen molar-refractivity contribution in [1.29, 1.82) is 0 Å². The molecule has 0 aromatic heterocycles. The molecule has 0 bridgehead atoms. The molecule has 0 fully saturated rings. The minimum atomic E-state index is -1.32. The van der Waals surface area contributed by atoms with Crippen molar-refractivity contribution < 1.29 is 28.8 Å². The van der Waals surface area contributed by atoms with Gasteiger partial charge in [0.25, 0.3) is 5.91 Å². The van der Waals surface area contributed by atoms with Crippen LogP contribution in [-0.4, -0.2) is 56.4 Å². The van der Waals surface area contributed by atoms with E-state index in [1.54, 1.807) is 20.3 Å². The second-order valence-corrected chi connectivity index (χ2v) is 9.54. The summed E-state index contributed by atoms with van der Waals surface area (Å²) in [5.41, 5.74) is 7.13. The number of carbonyl (C=O) groups excluding carboxylic acids is 1. The Morgan fingerprint density at radius 1 is 1.05 bits per heavy atom. The van der Waals surface area contributed by atoms with Crippen molar-refractivity contribution in [2.24, 2.45) is 4.99 Å². The van der Waals surface area contributed by atoms with Crippen LogP contribution in [-0.2, 0) is 16.0 Å². The molecule has 0 saturated heterocycles. The Hall–Kier alpha value is -4.34. The number of methoxy groups -OCH3 is 2. The first-order chi connectivity index (χ1) is 20.0. The topological polar surface area (TPSA) is 111 Å². The molecule has 1 heterocycles. The average molecular weight is 560 g/mol. The van der Waals surface area contributed by atoms with Crippen LogP contribution in [0.3, 0.4) is 0 Å². The second kappa shape index (κ2) is 14.3. The molecule has 2 atom stereocenters. The SMILES string of the molecule is C=CC[C@]1(C(=O)NNCCc2cccc(OC)c2)N=C(c2ccc(OCCCO)cc2)O[C@H]1c1cccc(OC)c1. The van der Waals surface area contributed by atoms with Crippen LogP contribution in [0.2, 0.25) is 0 Å². The van der Waals surface area contributed by atoms with Gasteiger partial charge in [-0.2, -0.15) is 0 Å². The number of aliphatic hydroxyl groups excluding tert-OH is 1. The van der Waals surface area contributed by atoms with Crippen molar-refractivity contribution in [3.8, 4) is 17.2 Å². The number of nitrogens with zero attached hydrogens (tertiary/aromatic N) is 1. The highest BCUT2D eigenvalue weighted by atomic mass is 16.5. The molecular weight excluding hydrogens is 522 g/mol. The summed E-state index contributed by atoms with van der Waals surface area (Å²) in [7, 11) is 3.23. The number of benzene rings is 3. The number of aliphatic hydroxyl groups is 1. The monoisotopic (exact) mass is 559 g/mol. The molecule has 1 amide bonds. The van der Waals surface area contributed by atoms with E-state index < -0.39 is 11.6 Å². The number of amides is 1. The van der Waals surface area contributed by atoms with E-state index in [0.717, 1.165) is 16.9 Å². The summed E-state index contributed by atoms with van der Waals surface area (Å²) in [5.74, 6) is 2.10. The maximum absolute atomic E-state index is 13.9. The molecule has 3 aromatic carbocycles. The van der Waals surface area contributed by atoms with E-state index in [1.807, 2.05) is 72.8 Å². The van der Waals surface area contributed by atoms with Crippen molar-refractivity contribution in [2.45, 2.75) is 30.9 Å². The van der Waals surface area contributed by atoms with Gasteiger partial charge in [0.1, 0.15) is 17.2 Å². The van der Waals surface area contributed by atoms with Gasteiger partial charge in [-0.1, -0.05) is 30.3 Å². The second-order valence-electron chi connectivity index (χ2n) is 9.54. The van der Waals surface area contributed by atoms with Gasteiger partial charge >= 0.3 is 0 Å². The quantitative estimate of drug-likeness (QED) is 0.146. The first kappa shape index (κ1) is 29.6. The highest BCUT2D eigenvalue weighted by Gasteiger charge is 2.52. The molecule has 216 valence electrons. The van der Waals surface area contributed by atoms with Crippen LogP contribution in [0, 0.1) is 0 Å². The Labute approximate surface area is 240 Å². The summed E-state index contributed by atoms with van der Waals surface area (Å²) < 4.78 is 22.8. The van der Waals surface area contributed by atoms with Crippen LogP contribution in [0.1, 0.15) is 35.6 Å². The predicted octanol–water partition coefficient (Wildman–Crippen LogP) is 4.16. The number of hydrogen-bond acceptors (Lipinski definition) is 8. The van der Waals surface area contributed by atoms with Gasteiger partial charge in [-0.3, -0.25) is 10.2 Å². The molecule has 3 N–H and O–H groups in total. The van der Waals surface area contributed by atoms with Gasteiger partial charge in [0.05, 0.1) is 20.8 Å². The third kappa shape index (κ3) is 7.25. The summed E-state index contributed by atoms with van der Waals surface area (Å²) >= 11 is 0. The highest BCUT2D eigenvalue weighted by Crippen LogP contribution is 2.43. The first-order valence-corrected chi connectivity index (χ1v) is 13.5. The molecule has 0 spiro atoms. The van der Waals surface area contributed by atoms with E-state index in [4.69, 9.17) is 29.0 Å². The Morgan fingerprint density at radius 2 is 1.78 bits per heavy atom. The molecule has 9 nitrogen and oxygen atoms in total. The maximum Gasteiger partial charge on any atom is 0.266 e. The van der Waals surface area contributed by atoms with Gasteiger partial charge in [0.2, 0.25) is 5.90 Å². The van der Waals surface area contributed by atoms with Gasteiger partial charge in [-0.05, 0) is 66.1 Å². The summed E-state index contributed by atoms with van der Waals surface area (Å²) in [6, 6.07) is 22.5. The number of carbonyl (C=O) groups is 1. The van der Waals surface area contributed by atoms with E-state index in [0.29, 0.717) is 49.0 Å². The number of hydrogen-bond donors (Lipinski definition) is 3. The minimum absolute atomic E-state index is 0.0672. The third-order valence-electron chi connectivity index (χ3n) is 6.76. The Balaban J connectivity index is 1.57. The van der Waals surface area contributed by atoms with Crippen molar-refractivity contribution in [2.75, 3.05) is 34.0 Å². The lowest BCUT2D eigenvalue weighted by molar-refractivity contribution is -0.129. The van der Waals surface area contributed by atoms with Crippen molar-refractivity contribution in [3.63, 3.8) is 0 Å². The highest BCUT2D eigenvalue weighted by molar-refractivity contribution is 6.01. The molecule has 41 heavy (non-hydrogen) atoms. The molecule has 3 aromatic rings. The Kier molecular flexibility index (Phi) is 10.4. The van der Waals surface area contributed by atoms with E-state index in [-0.39, 0.29) is 18.9 Å². The minimum Gasteiger partial charge on any atom is -0.497 e. The molecule has 9 heteroatoms. The predicted molar refractivity (Wildman–Crippen MR) is 157 cm³/mol. The molecular formula is C32H37N3O6. The molecule has 0 saturated carbocycles. The lowest BCUT2D eigenvalue weighted by Crippen LogP contribution is -2.52. The summed E-state index contributed by atoms with van der Waals surface area (Å²) in [6.45, 7) is 4.90. The fourth-order valence-electron chi connectivity index (χ4n) is 4.63. The zero-order chi connectivity index (χ0) is 29.1. The van der Waals surface area contributed by atoms with Crippen LogP contribution < -0.4 is 25.1 Å². The van der Waals surface area contributed by atoms with Crippen molar-refractivity contribution >= 4 is 11.8 Å². The molecule has 1 aliphatic rings. The van der Waals surface area contributed by atoms with E-state index >= 15 is 0 Å². The van der Waals surface area contributed by atoms with Gasteiger partial charge in [-0.25, -0.2) is 10.4 Å². The van der Waals surface area contributed by atoms with Gasteiger partial charge in [-0.15, -0.1) is 6.58 Å². The van der Waals surface area contributed by atoms with E-state index in [1.165, 1.54) is 0 Å². The van der Waals surface area contributed by atoms with Crippen LogP contribution >= 0.6 is 0 Å². The fraction of sp³-hybridized carbons (Fsp3) is 0.312. The lowest BCUT2D eigenvalue weighted by Gasteiger charge is -2.29. The van der Waals surface area contributed by atoms with Gasteiger partial charge in [0.15, 0.2) is 11.6 Å². The largest absolute Gasteiger partial charge is 0.497 e. The number of hydrazine groups is 1. The van der Waals surface area contributed by atoms with E-state index in [9.17, 15) is 4.79 Å². The van der Waals surface area contributed by atoms with Crippen LogP contribution in [0.5, 0.6) is 17.2 Å². The van der Waals surface area contributed by atoms with Gasteiger partial charge in [0, 0.05) is 31.6 Å². The van der Waals surface area contributed by atoms with Crippen LogP contribution in [0.4, 0.5) is 0 Å². The number of aliphatic imine (C=N–C) groups is 1. The van der Waals surface area contributed by atoms with Crippen LogP contribution in [0.15, 0.2) is 90.4 Å². The first-order valence-electron chi connectivity index (χ1n) is 13.5. The van der Waals surface area contributed by atoms with Gasteiger partial charge < -0.3 is 24.1 Å². The summed E-state index contributed by atoms with van der Waals surface area (Å²) in [4.78, 5) is 18.8. The number of nitrogens with one attached hydrogen (secondary N) is 2.